The molecule has 0 aliphatic heterocycles. The molecule has 18 heavy (non-hydrogen) atoms. The summed E-state index contributed by atoms with van der Waals surface area (Å²) in [7, 11) is 0. The first kappa shape index (κ1) is 15.1. The van der Waals surface area contributed by atoms with Crippen LogP contribution < -0.4 is 0 Å². The van der Waals surface area contributed by atoms with Gasteiger partial charge in [0.1, 0.15) is 17.5 Å². The molecule has 0 unspecified atom stereocenters. The lowest BCUT2D eigenvalue weighted by Crippen LogP contribution is -2.08. The molecule has 3 nitrogen and oxygen atoms in total. The van der Waals surface area contributed by atoms with Crippen LogP contribution in [0.15, 0.2) is 0 Å². The second kappa shape index (κ2) is 9.01. The first-order chi connectivity index (χ1) is 8.80. The predicted octanol–water partition coefficient (Wildman–Crippen LogP) is 3.90. The van der Waals surface area contributed by atoms with Crippen LogP contribution in [0.25, 0.3) is 0 Å². The van der Waals surface area contributed by atoms with Crippen LogP contribution in [0, 0.1) is 0 Å². The third-order valence-corrected chi connectivity index (χ3v) is 3.04. The van der Waals surface area contributed by atoms with Gasteiger partial charge in [0.25, 0.3) is 0 Å². The van der Waals surface area contributed by atoms with E-state index in [9.17, 15) is 0 Å². The minimum absolute atomic E-state index is 0.997. The molecule has 0 fully saturated rings. The zero-order chi connectivity index (χ0) is 13.2. The molecule has 1 rings (SSSR count). The maximum atomic E-state index is 4.59. The number of nitrogens with zero attached hydrogens (tertiary/aromatic N) is 3. The molecule has 0 saturated heterocycles. The fourth-order valence-corrected chi connectivity index (χ4v) is 1.86. The van der Waals surface area contributed by atoms with E-state index in [2.05, 4.69) is 35.7 Å². The van der Waals surface area contributed by atoms with E-state index < -0.39 is 0 Å². The highest BCUT2D eigenvalue weighted by Gasteiger charge is 2.06. The van der Waals surface area contributed by atoms with E-state index in [0.717, 1.165) is 36.7 Å². The van der Waals surface area contributed by atoms with Crippen LogP contribution in [0.3, 0.4) is 0 Å². The molecule has 0 atom stereocenters. The predicted molar refractivity (Wildman–Crippen MR) is 75.7 cm³/mol. The largest absolute Gasteiger partial charge is 0.218 e. The van der Waals surface area contributed by atoms with Gasteiger partial charge in [0.2, 0.25) is 0 Å². The van der Waals surface area contributed by atoms with Crippen molar-refractivity contribution in [1.82, 2.24) is 15.0 Å². The van der Waals surface area contributed by atoms with Crippen molar-refractivity contribution in [2.24, 2.45) is 0 Å². The average Bonchev–Trinajstić information content (AvgIpc) is 2.40. The highest BCUT2D eigenvalue weighted by atomic mass is 15.0. The number of hydrogen-bond acceptors (Lipinski definition) is 3. The Morgan fingerprint density at radius 2 is 0.833 bits per heavy atom. The molecular formula is C15H27N3. The summed E-state index contributed by atoms with van der Waals surface area (Å²) >= 11 is 0. The zero-order valence-electron chi connectivity index (χ0n) is 12.2. The standard InChI is InChI=1S/C15H27N3/c1-4-7-10-13-16-14(11-8-5-2)18-15(17-13)12-9-6-3/h4-12H2,1-3H3. The molecule has 0 saturated carbocycles. The summed E-state index contributed by atoms with van der Waals surface area (Å²) in [5.41, 5.74) is 0. The summed E-state index contributed by atoms with van der Waals surface area (Å²) in [5.74, 6) is 3.01. The Labute approximate surface area is 111 Å². The van der Waals surface area contributed by atoms with Crippen molar-refractivity contribution in [2.45, 2.75) is 78.6 Å². The molecule has 0 bridgehead atoms. The Kier molecular flexibility index (Phi) is 7.54. The molecule has 0 aliphatic carbocycles. The van der Waals surface area contributed by atoms with Gasteiger partial charge in [0, 0.05) is 19.3 Å². The van der Waals surface area contributed by atoms with Crippen LogP contribution in [-0.4, -0.2) is 15.0 Å². The highest BCUT2D eigenvalue weighted by molar-refractivity contribution is 4.98. The van der Waals surface area contributed by atoms with Crippen molar-refractivity contribution >= 4 is 0 Å². The maximum absolute atomic E-state index is 4.59. The van der Waals surface area contributed by atoms with Crippen molar-refractivity contribution in [3.63, 3.8) is 0 Å². The van der Waals surface area contributed by atoms with Gasteiger partial charge in [-0.25, -0.2) is 15.0 Å². The Morgan fingerprint density at radius 3 is 1.06 bits per heavy atom. The van der Waals surface area contributed by atoms with Crippen LogP contribution >= 0.6 is 0 Å². The number of aryl methyl sites for hydroxylation is 3. The molecule has 3 heteroatoms. The lowest BCUT2D eigenvalue weighted by molar-refractivity contribution is 0.662. The summed E-state index contributed by atoms with van der Waals surface area (Å²) in [6.07, 6.45) is 10.1. The lowest BCUT2D eigenvalue weighted by atomic mass is 10.2. The summed E-state index contributed by atoms with van der Waals surface area (Å²) in [6.45, 7) is 6.62. The quantitative estimate of drug-likeness (QED) is 0.666. The first-order valence-corrected chi connectivity index (χ1v) is 7.52. The number of hydrogen-bond donors (Lipinski definition) is 0. The second-order valence-corrected chi connectivity index (χ2v) is 4.89. The van der Waals surface area contributed by atoms with Gasteiger partial charge in [-0.05, 0) is 19.3 Å². The van der Waals surface area contributed by atoms with Gasteiger partial charge >= 0.3 is 0 Å². The minimum Gasteiger partial charge on any atom is -0.218 e. The van der Waals surface area contributed by atoms with E-state index in [0.29, 0.717) is 0 Å². The summed E-state index contributed by atoms with van der Waals surface area (Å²) < 4.78 is 0. The fraction of sp³-hybridized carbons (Fsp3) is 0.800. The second-order valence-electron chi connectivity index (χ2n) is 4.89. The van der Waals surface area contributed by atoms with Gasteiger partial charge < -0.3 is 0 Å². The molecule has 0 aromatic carbocycles. The zero-order valence-corrected chi connectivity index (χ0v) is 12.2. The Morgan fingerprint density at radius 1 is 0.556 bits per heavy atom. The first-order valence-electron chi connectivity index (χ1n) is 7.52. The molecule has 0 spiro atoms. The number of unbranched alkanes of at least 4 members (excludes halogenated alkanes) is 3. The normalized spacial score (nSPS) is 10.8. The average molecular weight is 249 g/mol. The van der Waals surface area contributed by atoms with Gasteiger partial charge in [-0.3, -0.25) is 0 Å². The lowest BCUT2D eigenvalue weighted by Gasteiger charge is -2.06. The summed E-state index contributed by atoms with van der Waals surface area (Å²) in [6, 6.07) is 0. The van der Waals surface area contributed by atoms with Crippen LogP contribution in [0.4, 0.5) is 0 Å². The van der Waals surface area contributed by atoms with Crippen LogP contribution in [0.1, 0.15) is 76.8 Å². The van der Waals surface area contributed by atoms with Crippen LogP contribution in [-0.2, 0) is 19.3 Å². The van der Waals surface area contributed by atoms with Crippen molar-refractivity contribution in [3.05, 3.63) is 17.5 Å². The molecular weight excluding hydrogens is 222 g/mol. The van der Waals surface area contributed by atoms with Gasteiger partial charge in [0.15, 0.2) is 0 Å². The summed E-state index contributed by atoms with van der Waals surface area (Å²) in [5, 5.41) is 0. The third kappa shape index (κ3) is 5.56. The van der Waals surface area contributed by atoms with Gasteiger partial charge in [-0.1, -0.05) is 40.0 Å². The topological polar surface area (TPSA) is 38.7 Å². The molecule has 1 aromatic heterocycles. The van der Waals surface area contributed by atoms with Crippen molar-refractivity contribution < 1.29 is 0 Å². The van der Waals surface area contributed by atoms with E-state index in [4.69, 9.17) is 0 Å². The number of aromatic nitrogens is 3. The van der Waals surface area contributed by atoms with Crippen molar-refractivity contribution in [1.29, 1.82) is 0 Å². The number of rotatable bonds is 9. The smallest absolute Gasteiger partial charge is 0.132 e. The summed E-state index contributed by atoms with van der Waals surface area (Å²) in [4.78, 5) is 13.8. The minimum atomic E-state index is 0.997. The van der Waals surface area contributed by atoms with E-state index >= 15 is 0 Å². The van der Waals surface area contributed by atoms with Crippen molar-refractivity contribution in [3.8, 4) is 0 Å². The maximum Gasteiger partial charge on any atom is 0.132 e. The van der Waals surface area contributed by atoms with Crippen molar-refractivity contribution in [2.75, 3.05) is 0 Å². The third-order valence-electron chi connectivity index (χ3n) is 3.04. The Balaban J connectivity index is 2.74. The molecule has 1 aromatic rings. The Hall–Kier alpha value is -0.990. The van der Waals surface area contributed by atoms with Gasteiger partial charge in [-0.15, -0.1) is 0 Å². The molecule has 0 radical (unpaired) electrons. The molecule has 0 aliphatic rings. The molecule has 1 heterocycles. The van der Waals surface area contributed by atoms with Crippen LogP contribution in [0.5, 0.6) is 0 Å². The van der Waals surface area contributed by atoms with E-state index in [1.165, 1.54) is 38.5 Å². The fourth-order valence-electron chi connectivity index (χ4n) is 1.86. The highest BCUT2D eigenvalue weighted by Crippen LogP contribution is 2.06. The Bertz CT molecular complexity index is 272. The SMILES string of the molecule is CCCCc1nc(CCCC)nc(CCCC)n1. The molecule has 102 valence electrons. The van der Waals surface area contributed by atoms with Gasteiger partial charge in [0.05, 0.1) is 0 Å². The van der Waals surface area contributed by atoms with E-state index in [-0.39, 0.29) is 0 Å². The van der Waals surface area contributed by atoms with E-state index in [1.54, 1.807) is 0 Å². The van der Waals surface area contributed by atoms with E-state index in [1.807, 2.05) is 0 Å². The molecule has 0 amide bonds. The van der Waals surface area contributed by atoms with Crippen LogP contribution in [0.2, 0.25) is 0 Å². The molecule has 0 N–H and O–H groups in total. The van der Waals surface area contributed by atoms with Gasteiger partial charge in [-0.2, -0.15) is 0 Å². The monoisotopic (exact) mass is 249 g/mol.